The number of aromatic nitrogens is 3. The molecule has 0 saturated carbocycles. The summed E-state index contributed by atoms with van der Waals surface area (Å²) >= 11 is 0. The minimum atomic E-state index is -0.642. The predicted octanol–water partition coefficient (Wildman–Crippen LogP) is 1.58. The van der Waals surface area contributed by atoms with E-state index in [0.29, 0.717) is 50.5 Å². The Hall–Kier alpha value is -2.74. The van der Waals surface area contributed by atoms with Gasteiger partial charge in [0.15, 0.2) is 6.10 Å². The number of fused-ring (bicyclic) bond motifs is 2. The van der Waals surface area contributed by atoms with Crippen LogP contribution in [0.15, 0.2) is 36.9 Å². The number of piperidine rings is 1. The number of hydrogen-bond donors (Lipinski definition) is 1. The van der Waals surface area contributed by atoms with Crippen LogP contribution in [0, 0.1) is 5.92 Å². The first-order valence-corrected chi connectivity index (χ1v) is 10.1. The molecule has 2 aromatic heterocycles. The third-order valence-corrected chi connectivity index (χ3v) is 5.62. The molecule has 2 aliphatic rings. The van der Waals surface area contributed by atoms with Gasteiger partial charge in [0.25, 0.3) is 11.8 Å². The fourth-order valence-corrected chi connectivity index (χ4v) is 4.04. The largest absolute Gasteiger partial charge is 0.354 e. The summed E-state index contributed by atoms with van der Waals surface area (Å²) in [6.07, 6.45) is 7.56. The second kappa shape index (κ2) is 7.94. The van der Waals surface area contributed by atoms with Crippen molar-refractivity contribution < 1.29 is 14.3 Å². The second-order valence-corrected chi connectivity index (χ2v) is 8.17. The van der Waals surface area contributed by atoms with Crippen molar-refractivity contribution >= 4 is 11.8 Å². The minimum absolute atomic E-state index is 0.00683. The maximum Gasteiger partial charge on any atom is 0.253 e. The predicted molar refractivity (Wildman–Crippen MR) is 106 cm³/mol. The first-order valence-electron chi connectivity index (χ1n) is 10.1. The third kappa shape index (κ3) is 3.89. The molecule has 4 heterocycles. The van der Waals surface area contributed by atoms with E-state index >= 15 is 0 Å². The van der Waals surface area contributed by atoms with Gasteiger partial charge in [0.2, 0.25) is 0 Å². The number of likely N-dealkylation sites (tertiary alicyclic amines) is 1. The summed E-state index contributed by atoms with van der Waals surface area (Å²) in [4.78, 5) is 35.8. The van der Waals surface area contributed by atoms with Crippen LogP contribution in [0.2, 0.25) is 0 Å². The van der Waals surface area contributed by atoms with E-state index in [4.69, 9.17) is 4.74 Å². The molecule has 1 unspecified atom stereocenters. The topological polar surface area (TPSA) is 89.4 Å². The van der Waals surface area contributed by atoms with Crippen LogP contribution in [0.3, 0.4) is 0 Å². The molecule has 1 atom stereocenters. The summed E-state index contributed by atoms with van der Waals surface area (Å²) in [5.41, 5.74) is -0.00989. The summed E-state index contributed by atoms with van der Waals surface area (Å²) in [5, 5.41) is 2.98. The number of amides is 2. The molecule has 0 aliphatic carbocycles. The van der Waals surface area contributed by atoms with Crippen LogP contribution < -0.4 is 5.32 Å². The molecule has 0 aromatic carbocycles. The Kier molecular flexibility index (Phi) is 5.36. The Labute approximate surface area is 170 Å². The average molecular weight is 397 g/mol. The van der Waals surface area contributed by atoms with Gasteiger partial charge in [-0.2, -0.15) is 0 Å². The number of nitrogens with one attached hydrogen (secondary N) is 1. The molecule has 2 aliphatic heterocycles. The van der Waals surface area contributed by atoms with Crippen molar-refractivity contribution in [3.63, 3.8) is 0 Å². The molecule has 1 fully saturated rings. The van der Waals surface area contributed by atoms with Gasteiger partial charge in [-0.25, -0.2) is 4.98 Å². The van der Waals surface area contributed by atoms with Crippen LogP contribution >= 0.6 is 0 Å². The molecule has 8 heteroatoms. The van der Waals surface area contributed by atoms with Crippen molar-refractivity contribution in [2.75, 3.05) is 19.6 Å². The van der Waals surface area contributed by atoms with E-state index in [-0.39, 0.29) is 11.8 Å². The Bertz CT molecular complexity index is 871. The van der Waals surface area contributed by atoms with Crippen LogP contribution in [0.4, 0.5) is 0 Å². The second-order valence-electron chi connectivity index (χ2n) is 8.17. The number of hydrogen-bond acceptors (Lipinski definition) is 5. The number of carbonyl (C=O) groups excluding carboxylic acids is 2. The van der Waals surface area contributed by atoms with Crippen molar-refractivity contribution in [1.29, 1.82) is 0 Å². The summed E-state index contributed by atoms with van der Waals surface area (Å²) in [5.74, 6) is 1.13. The van der Waals surface area contributed by atoms with Crippen LogP contribution in [-0.2, 0) is 21.7 Å². The molecule has 2 amide bonds. The molecule has 8 nitrogen and oxygen atoms in total. The molecule has 1 spiro atoms. The Morgan fingerprint density at radius 3 is 2.66 bits per heavy atom. The van der Waals surface area contributed by atoms with E-state index < -0.39 is 11.7 Å². The van der Waals surface area contributed by atoms with E-state index in [0.717, 1.165) is 5.82 Å². The van der Waals surface area contributed by atoms with Gasteiger partial charge in [0.1, 0.15) is 11.4 Å². The van der Waals surface area contributed by atoms with Gasteiger partial charge in [0, 0.05) is 62.8 Å². The Morgan fingerprint density at radius 2 is 1.97 bits per heavy atom. The van der Waals surface area contributed by atoms with E-state index in [1.807, 2.05) is 15.7 Å². The van der Waals surface area contributed by atoms with Crippen LogP contribution in [0.5, 0.6) is 0 Å². The lowest BCUT2D eigenvalue weighted by Gasteiger charge is -2.45. The zero-order valence-electron chi connectivity index (χ0n) is 16.9. The average Bonchev–Trinajstić information content (AvgIpc) is 3.22. The van der Waals surface area contributed by atoms with Crippen LogP contribution in [0.1, 0.15) is 42.9 Å². The number of rotatable bonds is 4. The first kappa shape index (κ1) is 19.6. The van der Waals surface area contributed by atoms with Gasteiger partial charge in [0.05, 0.1) is 6.54 Å². The van der Waals surface area contributed by atoms with Crippen molar-refractivity contribution in [1.82, 2.24) is 24.8 Å². The van der Waals surface area contributed by atoms with Crippen molar-refractivity contribution in [3.8, 4) is 0 Å². The lowest BCUT2D eigenvalue weighted by atomic mass is 9.88. The molecule has 154 valence electrons. The molecule has 4 rings (SSSR count). The molecule has 1 saturated heterocycles. The maximum atomic E-state index is 12.8. The summed E-state index contributed by atoms with van der Waals surface area (Å²) in [7, 11) is 0. The number of ether oxygens (including phenoxy) is 1. The van der Waals surface area contributed by atoms with E-state index in [1.54, 1.807) is 30.7 Å². The normalized spacial score (nSPS) is 20.5. The number of pyridine rings is 1. The Balaban J connectivity index is 1.49. The van der Waals surface area contributed by atoms with Crippen molar-refractivity contribution in [2.24, 2.45) is 5.92 Å². The quantitative estimate of drug-likeness (QED) is 0.846. The molecule has 0 radical (unpaired) electrons. The highest BCUT2D eigenvalue weighted by Gasteiger charge is 2.47. The highest BCUT2D eigenvalue weighted by atomic mass is 16.5. The van der Waals surface area contributed by atoms with E-state index in [2.05, 4.69) is 29.1 Å². The van der Waals surface area contributed by atoms with Gasteiger partial charge in [-0.1, -0.05) is 13.8 Å². The standard InChI is InChI=1S/C21H27N5O3/c1-15(2)13-24-18(27)17-14-26-12-9-23-20(26)21(29-17)5-10-25(11-6-21)19(28)16-3-7-22-8-4-16/h3-4,7-9,12,15,17H,5-6,10-11,13-14H2,1-2H3,(H,24,27). The summed E-state index contributed by atoms with van der Waals surface area (Å²) in [6.45, 7) is 6.31. The van der Waals surface area contributed by atoms with Gasteiger partial charge < -0.3 is 19.5 Å². The van der Waals surface area contributed by atoms with Gasteiger partial charge in [-0.15, -0.1) is 0 Å². The van der Waals surface area contributed by atoms with Crippen LogP contribution in [-0.4, -0.2) is 57.0 Å². The zero-order chi connectivity index (χ0) is 20.4. The Morgan fingerprint density at radius 1 is 1.24 bits per heavy atom. The van der Waals surface area contributed by atoms with E-state index in [9.17, 15) is 9.59 Å². The molecule has 29 heavy (non-hydrogen) atoms. The number of carbonyl (C=O) groups is 2. The first-order chi connectivity index (χ1) is 14.0. The zero-order valence-corrected chi connectivity index (χ0v) is 16.9. The molecule has 0 bridgehead atoms. The highest BCUT2D eigenvalue weighted by Crippen LogP contribution is 2.40. The molecular weight excluding hydrogens is 370 g/mol. The number of imidazole rings is 1. The smallest absolute Gasteiger partial charge is 0.253 e. The maximum absolute atomic E-state index is 12.8. The SMILES string of the molecule is CC(C)CNC(=O)C1Cn2ccnc2C2(CCN(C(=O)c3ccncc3)CC2)O1. The van der Waals surface area contributed by atoms with Crippen molar-refractivity contribution in [2.45, 2.75) is 44.9 Å². The molecular formula is C21H27N5O3. The molecule has 1 N–H and O–H groups in total. The van der Waals surface area contributed by atoms with E-state index in [1.165, 1.54) is 0 Å². The van der Waals surface area contributed by atoms with Gasteiger partial charge in [-0.3, -0.25) is 14.6 Å². The minimum Gasteiger partial charge on any atom is -0.354 e. The molecule has 2 aromatic rings. The highest BCUT2D eigenvalue weighted by molar-refractivity contribution is 5.94. The van der Waals surface area contributed by atoms with Crippen molar-refractivity contribution in [3.05, 3.63) is 48.3 Å². The summed E-state index contributed by atoms with van der Waals surface area (Å²) in [6, 6.07) is 3.46. The fourth-order valence-electron chi connectivity index (χ4n) is 4.04. The third-order valence-electron chi connectivity index (χ3n) is 5.62. The number of nitrogens with zero attached hydrogens (tertiary/aromatic N) is 4. The van der Waals surface area contributed by atoms with Gasteiger partial charge in [-0.05, 0) is 18.1 Å². The lowest BCUT2D eigenvalue weighted by Crippen LogP contribution is -2.55. The van der Waals surface area contributed by atoms with Crippen LogP contribution in [0.25, 0.3) is 0 Å². The fraction of sp³-hybridized carbons (Fsp3) is 0.524. The summed E-state index contributed by atoms with van der Waals surface area (Å²) < 4.78 is 8.40. The van der Waals surface area contributed by atoms with Gasteiger partial charge >= 0.3 is 0 Å². The lowest BCUT2D eigenvalue weighted by molar-refractivity contribution is -0.172. The monoisotopic (exact) mass is 397 g/mol.